The van der Waals surface area contributed by atoms with Gasteiger partial charge in [-0.2, -0.15) is 0 Å². The van der Waals surface area contributed by atoms with Gasteiger partial charge in [0.25, 0.3) is 0 Å². The Kier molecular flexibility index (Phi) is 6.30. The topological polar surface area (TPSA) is 55.4 Å². The fourth-order valence-corrected chi connectivity index (χ4v) is 2.16. The van der Waals surface area contributed by atoms with Crippen molar-refractivity contribution >= 4 is 35.1 Å². The third-order valence-electron chi connectivity index (χ3n) is 2.80. The quantitative estimate of drug-likeness (QED) is 0.850. The highest BCUT2D eigenvalue weighted by molar-refractivity contribution is 6.36. The van der Waals surface area contributed by atoms with E-state index in [0.29, 0.717) is 15.6 Å². The summed E-state index contributed by atoms with van der Waals surface area (Å²) in [5.74, 6) is -0.998. The Morgan fingerprint density at radius 1 is 1.25 bits per heavy atom. The van der Waals surface area contributed by atoms with Crippen molar-refractivity contribution < 1.29 is 14.3 Å². The lowest BCUT2D eigenvalue weighted by Crippen LogP contribution is -2.44. The summed E-state index contributed by atoms with van der Waals surface area (Å²) in [6, 6.07) is 4.27. The molecule has 1 aromatic carbocycles. The second-order valence-corrected chi connectivity index (χ2v) is 5.46. The molecule has 110 valence electrons. The molecule has 0 aromatic heterocycles. The van der Waals surface area contributed by atoms with E-state index in [0.717, 1.165) is 0 Å². The van der Waals surface area contributed by atoms with E-state index >= 15 is 0 Å². The smallest absolute Gasteiger partial charge is 0.328 e. The van der Waals surface area contributed by atoms with Crippen LogP contribution in [-0.4, -0.2) is 25.0 Å². The predicted molar refractivity (Wildman–Crippen MR) is 79.0 cm³/mol. The molecule has 0 radical (unpaired) electrons. The average molecular weight is 318 g/mol. The molecule has 1 amide bonds. The molecule has 1 N–H and O–H groups in total. The third kappa shape index (κ3) is 4.39. The summed E-state index contributed by atoms with van der Waals surface area (Å²) in [6.07, 6.45) is 0.184. The molecule has 0 spiro atoms. The Morgan fingerprint density at radius 3 is 2.25 bits per heavy atom. The molecule has 0 saturated heterocycles. The first kappa shape index (κ1) is 16.8. The lowest BCUT2D eigenvalue weighted by Gasteiger charge is -2.19. The Hall–Kier alpha value is -1.26. The van der Waals surface area contributed by atoms with Gasteiger partial charge in [0.2, 0.25) is 5.91 Å². The fourth-order valence-electron chi connectivity index (χ4n) is 1.61. The summed E-state index contributed by atoms with van der Waals surface area (Å²) in [5.41, 5.74) is 0.607. The van der Waals surface area contributed by atoms with Gasteiger partial charge >= 0.3 is 5.97 Å². The maximum atomic E-state index is 11.8. The minimum atomic E-state index is -0.813. The standard InChI is InChI=1S/C14H17Cl2NO3/c1-8(2)13(18)17-12(14(19)20-3)7-9-10(15)5-4-6-11(9)16/h4-6,8,12H,7H2,1-3H3,(H,17,18)/t12-/m0/s1. The van der Waals surface area contributed by atoms with Gasteiger partial charge in [-0.3, -0.25) is 4.79 Å². The summed E-state index contributed by atoms with van der Waals surface area (Å²) >= 11 is 12.1. The van der Waals surface area contributed by atoms with Crippen molar-refractivity contribution in [1.29, 1.82) is 0 Å². The number of halogens is 2. The van der Waals surface area contributed by atoms with Gasteiger partial charge in [0.1, 0.15) is 6.04 Å². The molecule has 1 atom stereocenters. The molecule has 0 fully saturated rings. The molecule has 0 aliphatic heterocycles. The predicted octanol–water partition coefficient (Wildman–Crippen LogP) is 2.85. The van der Waals surface area contributed by atoms with E-state index in [2.05, 4.69) is 5.32 Å². The molecular weight excluding hydrogens is 301 g/mol. The number of esters is 1. The van der Waals surface area contributed by atoms with Crippen molar-refractivity contribution in [2.24, 2.45) is 5.92 Å². The van der Waals surface area contributed by atoms with Crippen LogP contribution in [0.1, 0.15) is 19.4 Å². The highest BCUT2D eigenvalue weighted by atomic mass is 35.5. The molecule has 20 heavy (non-hydrogen) atoms. The molecule has 0 heterocycles. The summed E-state index contributed by atoms with van der Waals surface area (Å²) < 4.78 is 4.71. The van der Waals surface area contributed by atoms with E-state index in [9.17, 15) is 9.59 Å². The SMILES string of the molecule is COC(=O)[C@H](Cc1c(Cl)cccc1Cl)NC(=O)C(C)C. The number of amides is 1. The maximum absolute atomic E-state index is 11.8. The van der Waals surface area contributed by atoms with Crippen LogP contribution in [0.25, 0.3) is 0 Å². The van der Waals surface area contributed by atoms with Crippen molar-refractivity contribution in [1.82, 2.24) is 5.32 Å². The monoisotopic (exact) mass is 317 g/mol. The lowest BCUT2D eigenvalue weighted by molar-refractivity contribution is -0.145. The summed E-state index contributed by atoms with van der Waals surface area (Å²) in [7, 11) is 1.27. The number of benzene rings is 1. The molecule has 1 rings (SSSR count). The van der Waals surface area contributed by atoms with Gasteiger partial charge in [-0.25, -0.2) is 4.79 Å². The summed E-state index contributed by atoms with van der Waals surface area (Å²) in [6.45, 7) is 3.48. The van der Waals surface area contributed by atoms with Crippen molar-refractivity contribution in [2.75, 3.05) is 7.11 Å². The van der Waals surface area contributed by atoms with E-state index < -0.39 is 12.0 Å². The molecule has 1 aromatic rings. The lowest BCUT2D eigenvalue weighted by atomic mass is 10.0. The van der Waals surface area contributed by atoms with Crippen molar-refractivity contribution in [2.45, 2.75) is 26.3 Å². The number of carbonyl (C=O) groups excluding carboxylic acids is 2. The molecule has 0 bridgehead atoms. The van der Waals surface area contributed by atoms with Crippen LogP contribution in [0.15, 0.2) is 18.2 Å². The number of carbonyl (C=O) groups is 2. The number of rotatable bonds is 5. The van der Waals surface area contributed by atoms with Crippen LogP contribution in [-0.2, 0) is 20.7 Å². The number of hydrogen-bond donors (Lipinski definition) is 1. The molecular formula is C14H17Cl2NO3. The van der Waals surface area contributed by atoms with E-state index in [1.165, 1.54) is 7.11 Å². The zero-order valence-electron chi connectivity index (χ0n) is 11.6. The molecule has 0 unspecified atom stereocenters. The maximum Gasteiger partial charge on any atom is 0.328 e. The number of ether oxygens (including phenoxy) is 1. The van der Waals surface area contributed by atoms with Crippen LogP contribution in [0.2, 0.25) is 10.0 Å². The number of methoxy groups -OCH3 is 1. The highest BCUT2D eigenvalue weighted by Crippen LogP contribution is 2.25. The minimum Gasteiger partial charge on any atom is -0.467 e. The van der Waals surface area contributed by atoms with Crippen LogP contribution >= 0.6 is 23.2 Å². The zero-order chi connectivity index (χ0) is 15.3. The van der Waals surface area contributed by atoms with Crippen LogP contribution in [0.5, 0.6) is 0 Å². The van der Waals surface area contributed by atoms with Crippen LogP contribution in [0, 0.1) is 5.92 Å². The van der Waals surface area contributed by atoms with Gasteiger partial charge in [0.15, 0.2) is 0 Å². The first-order valence-corrected chi connectivity index (χ1v) is 6.93. The van der Waals surface area contributed by atoms with Crippen molar-refractivity contribution in [3.8, 4) is 0 Å². The minimum absolute atomic E-state index is 0.184. The molecule has 6 heteroatoms. The third-order valence-corrected chi connectivity index (χ3v) is 3.50. The van der Waals surface area contributed by atoms with Gasteiger partial charge < -0.3 is 10.1 Å². The molecule has 0 aliphatic rings. The van der Waals surface area contributed by atoms with Gasteiger partial charge in [-0.1, -0.05) is 43.1 Å². The number of hydrogen-bond acceptors (Lipinski definition) is 3. The van der Waals surface area contributed by atoms with Gasteiger partial charge in [0, 0.05) is 22.4 Å². The average Bonchev–Trinajstić information content (AvgIpc) is 2.40. The van der Waals surface area contributed by atoms with Crippen LogP contribution < -0.4 is 5.32 Å². The van der Waals surface area contributed by atoms with Gasteiger partial charge in [0.05, 0.1) is 7.11 Å². The fraction of sp³-hybridized carbons (Fsp3) is 0.429. The normalized spacial score (nSPS) is 12.1. The Bertz CT molecular complexity index is 483. The molecule has 0 aliphatic carbocycles. The van der Waals surface area contributed by atoms with Crippen molar-refractivity contribution in [3.63, 3.8) is 0 Å². The first-order chi connectivity index (χ1) is 9.36. The number of nitrogens with one attached hydrogen (secondary N) is 1. The molecule has 0 saturated carbocycles. The second-order valence-electron chi connectivity index (χ2n) is 4.64. The van der Waals surface area contributed by atoms with E-state index in [-0.39, 0.29) is 18.2 Å². The first-order valence-electron chi connectivity index (χ1n) is 6.18. The second kappa shape index (κ2) is 7.50. The van der Waals surface area contributed by atoms with Crippen molar-refractivity contribution in [3.05, 3.63) is 33.8 Å². The largest absolute Gasteiger partial charge is 0.467 e. The van der Waals surface area contributed by atoms with E-state index in [1.54, 1.807) is 32.0 Å². The molecule has 4 nitrogen and oxygen atoms in total. The Labute approximate surface area is 128 Å². The van der Waals surface area contributed by atoms with Gasteiger partial charge in [-0.15, -0.1) is 0 Å². The van der Waals surface area contributed by atoms with Crippen LogP contribution in [0.4, 0.5) is 0 Å². The summed E-state index contributed by atoms with van der Waals surface area (Å²) in [4.78, 5) is 23.5. The van der Waals surface area contributed by atoms with E-state index in [4.69, 9.17) is 27.9 Å². The highest BCUT2D eigenvalue weighted by Gasteiger charge is 2.24. The van der Waals surface area contributed by atoms with Gasteiger partial charge in [-0.05, 0) is 17.7 Å². The Morgan fingerprint density at radius 2 is 1.80 bits per heavy atom. The summed E-state index contributed by atoms with van der Waals surface area (Å²) in [5, 5.41) is 3.54. The van der Waals surface area contributed by atoms with Crippen LogP contribution in [0.3, 0.4) is 0 Å². The Balaban J connectivity index is 2.96. The zero-order valence-corrected chi connectivity index (χ0v) is 13.1. The van der Waals surface area contributed by atoms with E-state index in [1.807, 2.05) is 0 Å².